The lowest BCUT2D eigenvalue weighted by Crippen LogP contribution is -2.34. The molecular weight excluding hydrogens is 318 g/mol. The highest BCUT2D eigenvalue weighted by atomic mass is 16.1. The minimum Gasteiger partial charge on any atom is -0.355 e. The molecule has 128 valence electrons. The first kappa shape index (κ1) is 16.8. The SMILES string of the molecule is N#Cc1cc(CC(=O)Cn2nc(N3CCCCC3)ccc2=O)ccn1. The predicted molar refractivity (Wildman–Crippen MR) is 92.2 cm³/mol. The number of nitriles is 1. The number of piperidine rings is 1. The van der Waals surface area contributed by atoms with E-state index >= 15 is 0 Å². The lowest BCUT2D eigenvalue weighted by atomic mass is 10.1. The van der Waals surface area contributed by atoms with Gasteiger partial charge in [0.1, 0.15) is 24.1 Å². The van der Waals surface area contributed by atoms with Crippen molar-refractivity contribution >= 4 is 11.6 Å². The zero-order valence-electron chi connectivity index (χ0n) is 13.9. The van der Waals surface area contributed by atoms with Crippen molar-refractivity contribution in [3.63, 3.8) is 0 Å². The van der Waals surface area contributed by atoms with E-state index in [1.807, 2.05) is 6.07 Å². The van der Waals surface area contributed by atoms with Crippen LogP contribution in [0.25, 0.3) is 0 Å². The lowest BCUT2D eigenvalue weighted by molar-refractivity contribution is -0.119. The smallest absolute Gasteiger partial charge is 0.267 e. The third-order valence-electron chi connectivity index (χ3n) is 4.20. The molecule has 0 amide bonds. The summed E-state index contributed by atoms with van der Waals surface area (Å²) in [4.78, 5) is 30.3. The van der Waals surface area contributed by atoms with Gasteiger partial charge in [-0.1, -0.05) is 0 Å². The van der Waals surface area contributed by atoms with Gasteiger partial charge in [0.2, 0.25) is 0 Å². The molecule has 0 saturated carbocycles. The molecule has 0 N–H and O–H groups in total. The van der Waals surface area contributed by atoms with Crippen molar-refractivity contribution < 1.29 is 4.79 Å². The minimum absolute atomic E-state index is 0.0786. The van der Waals surface area contributed by atoms with Gasteiger partial charge in [-0.25, -0.2) is 9.67 Å². The van der Waals surface area contributed by atoms with Crippen molar-refractivity contribution in [2.24, 2.45) is 0 Å². The second-order valence-corrected chi connectivity index (χ2v) is 6.11. The van der Waals surface area contributed by atoms with Crippen LogP contribution >= 0.6 is 0 Å². The molecule has 1 aliphatic rings. The number of rotatable bonds is 5. The average molecular weight is 337 g/mol. The van der Waals surface area contributed by atoms with Crippen LogP contribution in [0.2, 0.25) is 0 Å². The van der Waals surface area contributed by atoms with Gasteiger partial charge in [-0.2, -0.15) is 10.4 Å². The fourth-order valence-electron chi connectivity index (χ4n) is 2.94. The maximum absolute atomic E-state index is 12.3. The normalized spacial score (nSPS) is 14.1. The summed E-state index contributed by atoms with van der Waals surface area (Å²) in [6, 6.07) is 8.40. The Hall–Kier alpha value is -3.01. The highest BCUT2D eigenvalue weighted by Gasteiger charge is 2.14. The summed E-state index contributed by atoms with van der Waals surface area (Å²) in [7, 11) is 0. The molecule has 7 nitrogen and oxygen atoms in total. The number of ketones is 1. The summed E-state index contributed by atoms with van der Waals surface area (Å²) in [5.41, 5.74) is 0.686. The largest absolute Gasteiger partial charge is 0.355 e. The Morgan fingerprint density at radius 1 is 1.20 bits per heavy atom. The molecule has 0 atom stereocenters. The van der Waals surface area contributed by atoms with E-state index in [2.05, 4.69) is 15.0 Å². The van der Waals surface area contributed by atoms with Gasteiger partial charge in [0.15, 0.2) is 5.78 Å². The fourth-order valence-corrected chi connectivity index (χ4v) is 2.94. The average Bonchev–Trinajstić information content (AvgIpc) is 2.64. The predicted octanol–water partition coefficient (Wildman–Crippen LogP) is 1.31. The van der Waals surface area contributed by atoms with Gasteiger partial charge in [-0.15, -0.1) is 0 Å². The second-order valence-electron chi connectivity index (χ2n) is 6.11. The number of hydrogen-bond donors (Lipinski definition) is 0. The van der Waals surface area contributed by atoms with Crippen molar-refractivity contribution in [1.29, 1.82) is 5.26 Å². The molecule has 7 heteroatoms. The molecule has 1 fully saturated rings. The van der Waals surface area contributed by atoms with E-state index in [9.17, 15) is 9.59 Å². The Bertz CT molecular complexity index is 862. The lowest BCUT2D eigenvalue weighted by Gasteiger charge is -2.27. The summed E-state index contributed by atoms with van der Waals surface area (Å²) >= 11 is 0. The highest BCUT2D eigenvalue weighted by molar-refractivity contribution is 5.80. The van der Waals surface area contributed by atoms with Crippen LogP contribution < -0.4 is 10.5 Å². The first-order valence-electron chi connectivity index (χ1n) is 8.35. The second kappa shape index (κ2) is 7.71. The van der Waals surface area contributed by atoms with E-state index in [4.69, 9.17) is 5.26 Å². The molecule has 0 bridgehead atoms. The van der Waals surface area contributed by atoms with E-state index in [-0.39, 0.29) is 30.0 Å². The molecule has 0 aliphatic carbocycles. The monoisotopic (exact) mass is 337 g/mol. The number of carbonyl (C=O) groups excluding carboxylic acids is 1. The number of aromatic nitrogens is 3. The molecule has 3 rings (SSSR count). The molecular formula is C18H19N5O2. The summed E-state index contributed by atoms with van der Waals surface area (Å²) in [6.45, 7) is 1.77. The number of anilines is 1. The van der Waals surface area contributed by atoms with Crippen LogP contribution in [0.4, 0.5) is 5.82 Å². The van der Waals surface area contributed by atoms with Crippen molar-refractivity contribution in [2.45, 2.75) is 32.2 Å². The quantitative estimate of drug-likeness (QED) is 0.817. The van der Waals surface area contributed by atoms with Gasteiger partial charge in [-0.3, -0.25) is 9.59 Å². The van der Waals surface area contributed by atoms with E-state index in [1.165, 1.54) is 23.4 Å². The Morgan fingerprint density at radius 2 is 2.00 bits per heavy atom. The van der Waals surface area contributed by atoms with Crippen LogP contribution in [0.3, 0.4) is 0 Å². The van der Waals surface area contributed by atoms with Gasteiger partial charge >= 0.3 is 0 Å². The number of carbonyl (C=O) groups is 1. The minimum atomic E-state index is -0.290. The summed E-state index contributed by atoms with van der Waals surface area (Å²) in [6.07, 6.45) is 5.08. The molecule has 0 spiro atoms. The first-order valence-corrected chi connectivity index (χ1v) is 8.35. The molecule has 1 saturated heterocycles. The van der Waals surface area contributed by atoms with Gasteiger partial charge < -0.3 is 4.90 Å². The Morgan fingerprint density at radius 3 is 2.76 bits per heavy atom. The van der Waals surface area contributed by atoms with Crippen molar-refractivity contribution in [3.8, 4) is 6.07 Å². The van der Waals surface area contributed by atoms with Gasteiger partial charge in [0.25, 0.3) is 5.56 Å². The van der Waals surface area contributed by atoms with Crippen molar-refractivity contribution in [2.75, 3.05) is 18.0 Å². The van der Waals surface area contributed by atoms with Gasteiger partial charge in [-0.05, 0) is 43.0 Å². The number of pyridine rings is 1. The van der Waals surface area contributed by atoms with Gasteiger partial charge in [0, 0.05) is 31.8 Å². The summed E-state index contributed by atoms with van der Waals surface area (Å²) in [5.74, 6) is 0.600. The number of Topliss-reactive ketones (excluding diaryl/α,β-unsaturated/α-hetero) is 1. The van der Waals surface area contributed by atoms with Crippen molar-refractivity contribution in [1.82, 2.24) is 14.8 Å². The van der Waals surface area contributed by atoms with Crippen LogP contribution in [0.15, 0.2) is 35.3 Å². The van der Waals surface area contributed by atoms with Crippen LogP contribution in [0.5, 0.6) is 0 Å². The Balaban J connectivity index is 1.72. The zero-order chi connectivity index (χ0) is 17.6. The Labute approximate surface area is 145 Å². The zero-order valence-corrected chi connectivity index (χ0v) is 13.9. The highest BCUT2D eigenvalue weighted by Crippen LogP contribution is 2.15. The van der Waals surface area contributed by atoms with Crippen LogP contribution in [0.1, 0.15) is 30.5 Å². The molecule has 0 unspecified atom stereocenters. The third kappa shape index (κ3) is 4.29. The van der Waals surface area contributed by atoms with E-state index in [1.54, 1.807) is 18.2 Å². The molecule has 1 aliphatic heterocycles. The van der Waals surface area contributed by atoms with Crippen LogP contribution in [0, 0.1) is 11.3 Å². The molecule has 25 heavy (non-hydrogen) atoms. The standard InChI is InChI=1S/C18H19N5O2/c19-12-15-10-14(6-7-20-15)11-16(24)13-23-18(25)5-4-17(21-23)22-8-2-1-3-9-22/h4-7,10H,1-3,8-9,11,13H2. The molecule has 0 aromatic carbocycles. The third-order valence-corrected chi connectivity index (χ3v) is 4.20. The van der Waals surface area contributed by atoms with E-state index in [0.717, 1.165) is 31.7 Å². The fraction of sp³-hybridized carbons (Fsp3) is 0.389. The molecule has 0 radical (unpaired) electrons. The topological polar surface area (TPSA) is 91.9 Å². The molecule has 2 aromatic rings. The van der Waals surface area contributed by atoms with E-state index < -0.39 is 0 Å². The number of hydrogen-bond acceptors (Lipinski definition) is 6. The summed E-state index contributed by atoms with van der Waals surface area (Å²) in [5, 5.41) is 13.2. The Kier molecular flexibility index (Phi) is 5.19. The summed E-state index contributed by atoms with van der Waals surface area (Å²) < 4.78 is 1.22. The first-order chi connectivity index (χ1) is 12.2. The number of nitrogens with zero attached hydrogens (tertiary/aromatic N) is 5. The van der Waals surface area contributed by atoms with Crippen LogP contribution in [-0.2, 0) is 17.8 Å². The van der Waals surface area contributed by atoms with Crippen molar-refractivity contribution in [3.05, 3.63) is 52.1 Å². The van der Waals surface area contributed by atoms with Crippen LogP contribution in [-0.4, -0.2) is 33.6 Å². The van der Waals surface area contributed by atoms with Gasteiger partial charge in [0.05, 0.1) is 0 Å². The molecule has 3 heterocycles. The maximum Gasteiger partial charge on any atom is 0.267 e. The van der Waals surface area contributed by atoms with E-state index in [0.29, 0.717) is 5.56 Å². The maximum atomic E-state index is 12.3. The molecule has 2 aromatic heterocycles.